The maximum Gasteiger partial charge on any atom is 0.293 e. The molecule has 0 saturated carbocycles. The number of hydrogen-bond donors (Lipinski definition) is 2. The lowest BCUT2D eigenvalue weighted by Crippen LogP contribution is -1.98. The number of benzene rings is 1. The fraction of sp³-hybridized carbons (Fsp3) is 0.143. The van der Waals surface area contributed by atoms with Gasteiger partial charge in [0.1, 0.15) is 5.69 Å². The largest absolute Gasteiger partial charge is 0.392 e. The first-order valence-electron chi connectivity index (χ1n) is 3.39. The summed E-state index contributed by atoms with van der Waals surface area (Å²) in [5, 5.41) is 19.2. The third-order valence-electron chi connectivity index (χ3n) is 1.55. The topological polar surface area (TPSA) is 89.4 Å². The fourth-order valence-corrected chi connectivity index (χ4v) is 1.40. The van der Waals surface area contributed by atoms with Crippen LogP contribution in [0.3, 0.4) is 0 Å². The summed E-state index contributed by atoms with van der Waals surface area (Å²) in [6.07, 6.45) is 0. The summed E-state index contributed by atoms with van der Waals surface area (Å²) in [5.74, 6) is 0. The molecule has 0 aromatic heterocycles. The molecule has 0 aliphatic carbocycles. The number of nitrogens with two attached hydrogens (primary N) is 1. The summed E-state index contributed by atoms with van der Waals surface area (Å²) in [6, 6.07) is 2.79. The average Bonchev–Trinajstić information content (AvgIpc) is 2.09. The first-order valence-corrected chi connectivity index (χ1v) is 4.18. The Morgan fingerprint density at radius 3 is 2.69 bits per heavy atom. The van der Waals surface area contributed by atoms with Crippen LogP contribution in [0.25, 0.3) is 0 Å². The summed E-state index contributed by atoms with van der Waals surface area (Å²) in [6.45, 7) is -0.250. The van der Waals surface area contributed by atoms with E-state index in [9.17, 15) is 10.1 Å². The van der Waals surface area contributed by atoms with E-state index in [-0.39, 0.29) is 18.0 Å². The van der Waals surface area contributed by atoms with Crippen LogP contribution in [0.5, 0.6) is 0 Å². The first kappa shape index (κ1) is 9.94. The number of halogens is 1. The predicted octanol–water partition coefficient (Wildman–Crippen LogP) is 1.43. The van der Waals surface area contributed by atoms with Gasteiger partial charge in [0.15, 0.2) is 0 Å². The summed E-state index contributed by atoms with van der Waals surface area (Å²) in [5.41, 5.74) is 5.76. The smallest absolute Gasteiger partial charge is 0.293 e. The molecular weight excluding hydrogens is 240 g/mol. The van der Waals surface area contributed by atoms with Gasteiger partial charge in [0, 0.05) is 10.5 Å². The highest BCUT2D eigenvalue weighted by atomic mass is 79.9. The van der Waals surface area contributed by atoms with E-state index in [1.54, 1.807) is 6.07 Å². The molecule has 0 amide bonds. The minimum Gasteiger partial charge on any atom is -0.392 e. The van der Waals surface area contributed by atoms with Crippen molar-refractivity contribution in [3.8, 4) is 0 Å². The number of nitro groups is 1. The van der Waals surface area contributed by atoms with Crippen molar-refractivity contribution in [2.75, 3.05) is 5.73 Å². The normalized spacial score (nSPS) is 10.0. The van der Waals surface area contributed by atoms with E-state index in [1.165, 1.54) is 6.07 Å². The molecular formula is C7H7BrN2O3. The molecule has 0 spiro atoms. The van der Waals surface area contributed by atoms with Crippen LogP contribution in [-0.4, -0.2) is 10.0 Å². The molecule has 3 N–H and O–H groups in total. The molecule has 0 heterocycles. The predicted molar refractivity (Wildman–Crippen MR) is 51.1 cm³/mol. The van der Waals surface area contributed by atoms with Crippen molar-refractivity contribution >= 4 is 27.3 Å². The zero-order valence-electron chi connectivity index (χ0n) is 6.53. The Labute approximate surface area is 82.5 Å². The number of aliphatic hydroxyl groups is 1. The standard InChI is InChI=1S/C7H7BrN2O3/c8-5-1-4(3-11)2-6(7(5)9)10(12)13/h1-2,11H,3,9H2. The van der Waals surface area contributed by atoms with Gasteiger partial charge < -0.3 is 10.8 Å². The number of aliphatic hydroxyl groups excluding tert-OH is 1. The number of nitrogens with zero attached hydrogens (tertiary/aromatic N) is 1. The van der Waals surface area contributed by atoms with E-state index < -0.39 is 4.92 Å². The molecule has 5 nitrogen and oxygen atoms in total. The van der Waals surface area contributed by atoms with E-state index in [1.807, 2.05) is 0 Å². The van der Waals surface area contributed by atoms with Gasteiger partial charge in [-0.3, -0.25) is 10.1 Å². The van der Waals surface area contributed by atoms with Gasteiger partial charge in [-0.2, -0.15) is 0 Å². The highest BCUT2D eigenvalue weighted by molar-refractivity contribution is 9.10. The minimum absolute atomic E-state index is 0.0715. The highest BCUT2D eigenvalue weighted by Gasteiger charge is 2.15. The van der Waals surface area contributed by atoms with Crippen LogP contribution in [0.1, 0.15) is 5.56 Å². The van der Waals surface area contributed by atoms with Crippen molar-refractivity contribution in [3.05, 3.63) is 32.3 Å². The Morgan fingerprint density at radius 2 is 2.23 bits per heavy atom. The summed E-state index contributed by atoms with van der Waals surface area (Å²) < 4.78 is 0.422. The number of hydrogen-bond acceptors (Lipinski definition) is 4. The van der Waals surface area contributed by atoms with Gasteiger partial charge in [-0.25, -0.2) is 0 Å². The van der Waals surface area contributed by atoms with Crippen molar-refractivity contribution in [2.45, 2.75) is 6.61 Å². The monoisotopic (exact) mass is 246 g/mol. The van der Waals surface area contributed by atoms with Crippen LogP contribution in [0.4, 0.5) is 11.4 Å². The molecule has 1 aromatic rings. The zero-order chi connectivity index (χ0) is 10.0. The number of nitro benzene ring substituents is 1. The van der Waals surface area contributed by atoms with Crippen molar-refractivity contribution < 1.29 is 10.0 Å². The molecule has 1 rings (SSSR count). The van der Waals surface area contributed by atoms with Gasteiger partial charge in [-0.15, -0.1) is 0 Å². The molecule has 0 atom stereocenters. The second-order valence-corrected chi connectivity index (χ2v) is 3.28. The van der Waals surface area contributed by atoms with Crippen LogP contribution >= 0.6 is 15.9 Å². The van der Waals surface area contributed by atoms with Gasteiger partial charge >= 0.3 is 0 Å². The number of rotatable bonds is 2. The highest BCUT2D eigenvalue weighted by Crippen LogP contribution is 2.30. The second-order valence-electron chi connectivity index (χ2n) is 2.43. The summed E-state index contributed by atoms with van der Waals surface area (Å²) in [4.78, 5) is 9.88. The van der Waals surface area contributed by atoms with Crippen LogP contribution < -0.4 is 5.73 Å². The maximum absolute atomic E-state index is 10.5. The third kappa shape index (κ3) is 1.96. The van der Waals surface area contributed by atoms with E-state index >= 15 is 0 Å². The quantitative estimate of drug-likeness (QED) is 0.470. The van der Waals surface area contributed by atoms with Crippen molar-refractivity contribution in [1.82, 2.24) is 0 Å². The Bertz CT molecular complexity index is 354. The lowest BCUT2D eigenvalue weighted by atomic mass is 10.2. The van der Waals surface area contributed by atoms with Gasteiger partial charge in [0.05, 0.1) is 11.5 Å². The van der Waals surface area contributed by atoms with E-state index in [0.29, 0.717) is 10.0 Å². The fourth-order valence-electron chi connectivity index (χ4n) is 0.900. The molecule has 70 valence electrons. The molecule has 0 bridgehead atoms. The van der Waals surface area contributed by atoms with Crippen molar-refractivity contribution in [3.63, 3.8) is 0 Å². The van der Waals surface area contributed by atoms with Crippen molar-refractivity contribution in [1.29, 1.82) is 0 Å². The molecule has 0 unspecified atom stereocenters. The molecule has 0 aliphatic rings. The van der Waals surface area contributed by atoms with Crippen LogP contribution in [-0.2, 0) is 6.61 Å². The minimum atomic E-state index is -0.584. The third-order valence-corrected chi connectivity index (χ3v) is 2.20. The van der Waals surface area contributed by atoms with E-state index in [0.717, 1.165) is 0 Å². The van der Waals surface area contributed by atoms with Gasteiger partial charge in [-0.05, 0) is 27.6 Å². The Kier molecular flexibility index (Phi) is 2.84. The second kappa shape index (κ2) is 3.71. The number of anilines is 1. The molecule has 0 aliphatic heterocycles. The molecule has 0 radical (unpaired) electrons. The average molecular weight is 247 g/mol. The van der Waals surface area contributed by atoms with Gasteiger partial charge in [-0.1, -0.05) is 0 Å². The van der Waals surface area contributed by atoms with Crippen LogP contribution in [0.2, 0.25) is 0 Å². The van der Waals surface area contributed by atoms with Crippen LogP contribution in [0, 0.1) is 10.1 Å². The molecule has 6 heteroatoms. The molecule has 0 fully saturated rings. The zero-order valence-corrected chi connectivity index (χ0v) is 8.11. The maximum atomic E-state index is 10.5. The Balaban J connectivity index is 3.33. The van der Waals surface area contributed by atoms with E-state index in [4.69, 9.17) is 10.8 Å². The Morgan fingerprint density at radius 1 is 1.62 bits per heavy atom. The molecule has 0 saturated heterocycles. The summed E-state index contributed by atoms with van der Waals surface area (Å²) in [7, 11) is 0. The van der Waals surface area contributed by atoms with Crippen molar-refractivity contribution in [2.24, 2.45) is 0 Å². The van der Waals surface area contributed by atoms with E-state index in [2.05, 4.69) is 15.9 Å². The molecule has 1 aromatic carbocycles. The first-order chi connectivity index (χ1) is 6.06. The molecule has 13 heavy (non-hydrogen) atoms. The number of nitrogen functional groups attached to an aromatic ring is 1. The lowest BCUT2D eigenvalue weighted by Gasteiger charge is -2.02. The van der Waals surface area contributed by atoms with Crippen LogP contribution in [0.15, 0.2) is 16.6 Å². The SMILES string of the molecule is Nc1c(Br)cc(CO)cc1[N+](=O)[O-]. The summed E-state index contributed by atoms with van der Waals surface area (Å²) >= 11 is 3.07. The van der Waals surface area contributed by atoms with Gasteiger partial charge in [0.25, 0.3) is 5.69 Å². The van der Waals surface area contributed by atoms with Gasteiger partial charge in [0.2, 0.25) is 0 Å². The lowest BCUT2D eigenvalue weighted by molar-refractivity contribution is -0.384. The Hall–Kier alpha value is -1.14.